The summed E-state index contributed by atoms with van der Waals surface area (Å²) in [6, 6.07) is 43.3. The summed E-state index contributed by atoms with van der Waals surface area (Å²) in [5, 5.41) is 0. The predicted octanol–water partition coefficient (Wildman–Crippen LogP) is 9.70. The first-order chi connectivity index (χ1) is 21.6. The van der Waals surface area contributed by atoms with E-state index in [4.69, 9.17) is 0 Å². The maximum atomic E-state index is 13.6. The van der Waals surface area contributed by atoms with E-state index in [2.05, 4.69) is 134 Å². The predicted molar refractivity (Wildman–Crippen MR) is 185 cm³/mol. The van der Waals surface area contributed by atoms with Crippen LogP contribution in [0, 0.1) is 0 Å². The Morgan fingerprint density at radius 2 is 1.30 bits per heavy atom. The van der Waals surface area contributed by atoms with Crippen LogP contribution in [0.1, 0.15) is 48.3 Å². The fourth-order valence-corrected chi connectivity index (χ4v) is 8.48. The number of thiophene rings is 1. The van der Waals surface area contributed by atoms with Crippen molar-refractivity contribution >= 4 is 34.2 Å². The maximum absolute atomic E-state index is 13.6. The average Bonchev–Trinajstić information content (AvgIpc) is 3.70. The monoisotopic (exact) mass is 592 g/mol. The van der Waals surface area contributed by atoms with E-state index in [-0.39, 0.29) is 5.91 Å². The number of carbonyl (C=O) groups is 1. The summed E-state index contributed by atoms with van der Waals surface area (Å²) in [5.74, 6) is 0.0290. The standard InChI is InChI=1S/C40H36N2OS/c1-4-31(5-2)42-35-27-36(28-17-9-6-10-18-28)44-38(35)40(29-19-11-7-12-20-29,30-21-13-8-14-22-30)37(42)26-25-33-32-23-15-16-24-34(32)41(3)39(33)43/h6-27,31H,4-5H2,1-3H3/b33-25-,37-26-. The van der Waals surface area contributed by atoms with Crippen molar-refractivity contribution in [3.63, 3.8) is 0 Å². The summed E-state index contributed by atoms with van der Waals surface area (Å²) < 4.78 is 0. The highest BCUT2D eigenvalue weighted by molar-refractivity contribution is 7.16. The number of hydrogen-bond donors (Lipinski definition) is 0. The highest BCUT2D eigenvalue weighted by atomic mass is 32.1. The van der Waals surface area contributed by atoms with E-state index in [1.807, 2.05) is 36.6 Å². The van der Waals surface area contributed by atoms with Crippen molar-refractivity contribution in [2.45, 2.75) is 38.1 Å². The van der Waals surface area contributed by atoms with Gasteiger partial charge in [0.15, 0.2) is 0 Å². The van der Waals surface area contributed by atoms with E-state index in [9.17, 15) is 4.79 Å². The zero-order valence-corrected chi connectivity index (χ0v) is 26.2. The van der Waals surface area contributed by atoms with Crippen molar-refractivity contribution in [1.29, 1.82) is 0 Å². The van der Waals surface area contributed by atoms with Gasteiger partial charge in [0.1, 0.15) is 0 Å². The fraction of sp³-hybridized carbons (Fsp3) is 0.175. The third-order valence-electron chi connectivity index (χ3n) is 9.23. The quantitative estimate of drug-likeness (QED) is 0.176. The lowest BCUT2D eigenvalue weighted by Gasteiger charge is -2.38. The number of rotatable bonds is 7. The van der Waals surface area contributed by atoms with Gasteiger partial charge in [0.05, 0.1) is 16.8 Å². The molecule has 0 unspecified atom stereocenters. The summed E-state index contributed by atoms with van der Waals surface area (Å²) in [6.45, 7) is 4.57. The van der Waals surface area contributed by atoms with Crippen LogP contribution < -0.4 is 9.80 Å². The number of likely N-dealkylation sites (N-methyl/N-ethyl adjacent to an activating group) is 1. The van der Waals surface area contributed by atoms with Crippen molar-refractivity contribution in [3.8, 4) is 10.4 Å². The lowest BCUT2D eigenvalue weighted by atomic mass is 9.71. The molecule has 0 bridgehead atoms. The van der Waals surface area contributed by atoms with Crippen LogP contribution in [0.2, 0.25) is 0 Å². The number of allylic oxidation sites excluding steroid dienone is 3. The maximum Gasteiger partial charge on any atom is 0.258 e. The molecule has 5 aromatic rings. The molecule has 218 valence electrons. The van der Waals surface area contributed by atoms with Crippen LogP contribution in [0.5, 0.6) is 0 Å². The van der Waals surface area contributed by atoms with Crippen molar-refractivity contribution in [2.75, 3.05) is 16.8 Å². The van der Waals surface area contributed by atoms with Crippen molar-refractivity contribution in [1.82, 2.24) is 0 Å². The van der Waals surface area contributed by atoms with E-state index in [0.29, 0.717) is 6.04 Å². The second kappa shape index (κ2) is 11.4. The minimum absolute atomic E-state index is 0.0290. The van der Waals surface area contributed by atoms with Crippen LogP contribution in [0.25, 0.3) is 16.0 Å². The van der Waals surface area contributed by atoms with Gasteiger partial charge in [0.2, 0.25) is 0 Å². The Labute approximate surface area is 264 Å². The van der Waals surface area contributed by atoms with Gasteiger partial charge in [-0.05, 0) is 53.8 Å². The van der Waals surface area contributed by atoms with Gasteiger partial charge in [-0.2, -0.15) is 0 Å². The highest BCUT2D eigenvalue weighted by Crippen LogP contribution is 2.60. The van der Waals surface area contributed by atoms with Gasteiger partial charge < -0.3 is 9.80 Å². The third-order valence-corrected chi connectivity index (χ3v) is 10.5. The second-order valence-corrected chi connectivity index (χ2v) is 12.6. The van der Waals surface area contributed by atoms with E-state index in [0.717, 1.165) is 29.7 Å². The van der Waals surface area contributed by atoms with Gasteiger partial charge in [-0.1, -0.05) is 123 Å². The zero-order valence-electron chi connectivity index (χ0n) is 25.4. The molecule has 1 amide bonds. The minimum atomic E-state index is -0.553. The van der Waals surface area contributed by atoms with E-state index >= 15 is 0 Å². The molecule has 0 N–H and O–H groups in total. The first kappa shape index (κ1) is 28.1. The minimum Gasteiger partial charge on any atom is -0.339 e. The fourth-order valence-electron chi connectivity index (χ4n) is 7.08. The molecule has 3 nitrogen and oxygen atoms in total. The van der Waals surface area contributed by atoms with Gasteiger partial charge in [-0.25, -0.2) is 0 Å². The SMILES string of the molecule is CCC(CC)N1/C(=C\C=C2/C(=O)N(C)c3ccccc32)C(c2ccccc2)(c2ccccc2)c2sc(-c3ccccc3)cc21. The first-order valence-electron chi connectivity index (χ1n) is 15.5. The number of anilines is 2. The molecule has 1 aromatic heterocycles. The Hall–Kier alpha value is -4.67. The molecule has 0 atom stereocenters. The third kappa shape index (κ3) is 4.28. The molecular weight excluding hydrogens is 557 g/mol. The largest absolute Gasteiger partial charge is 0.339 e. The number of carbonyl (C=O) groups excluding carboxylic acids is 1. The molecule has 0 aliphatic carbocycles. The lowest BCUT2D eigenvalue weighted by Crippen LogP contribution is -2.38. The summed E-state index contributed by atoms with van der Waals surface area (Å²) in [4.78, 5) is 20.5. The van der Waals surface area contributed by atoms with Gasteiger partial charge in [0, 0.05) is 39.7 Å². The summed E-state index contributed by atoms with van der Waals surface area (Å²) >= 11 is 1.89. The Morgan fingerprint density at radius 3 is 1.91 bits per heavy atom. The lowest BCUT2D eigenvalue weighted by molar-refractivity contribution is -0.112. The molecule has 0 fully saturated rings. The first-order valence-corrected chi connectivity index (χ1v) is 16.3. The van der Waals surface area contributed by atoms with Crippen LogP contribution in [0.4, 0.5) is 11.4 Å². The molecule has 2 aliphatic heterocycles. The van der Waals surface area contributed by atoms with Gasteiger partial charge in [-0.15, -0.1) is 11.3 Å². The number of fused-ring (bicyclic) bond motifs is 2. The second-order valence-electron chi connectivity index (χ2n) is 11.5. The highest BCUT2D eigenvalue weighted by Gasteiger charge is 2.52. The Morgan fingerprint density at radius 1 is 0.727 bits per heavy atom. The molecule has 44 heavy (non-hydrogen) atoms. The van der Waals surface area contributed by atoms with Crippen LogP contribution in [-0.2, 0) is 10.2 Å². The Balaban J connectivity index is 1.56. The molecule has 4 aromatic carbocycles. The summed E-state index contributed by atoms with van der Waals surface area (Å²) in [7, 11) is 1.86. The van der Waals surface area contributed by atoms with E-state index in [1.165, 1.54) is 37.8 Å². The van der Waals surface area contributed by atoms with E-state index < -0.39 is 5.41 Å². The number of hydrogen-bond acceptors (Lipinski definition) is 3. The molecule has 0 saturated heterocycles. The molecule has 2 aliphatic rings. The van der Waals surface area contributed by atoms with E-state index in [1.54, 1.807) is 4.90 Å². The van der Waals surface area contributed by atoms with Crippen LogP contribution in [0.3, 0.4) is 0 Å². The molecule has 0 saturated carbocycles. The van der Waals surface area contributed by atoms with Crippen LogP contribution >= 0.6 is 11.3 Å². The number of nitrogens with zero attached hydrogens (tertiary/aromatic N) is 2. The topological polar surface area (TPSA) is 23.6 Å². The van der Waals surface area contributed by atoms with Crippen molar-refractivity contribution in [3.05, 3.63) is 161 Å². The number of para-hydroxylation sites is 1. The Bertz CT molecular complexity index is 1830. The summed E-state index contributed by atoms with van der Waals surface area (Å²) in [6.07, 6.45) is 6.33. The van der Waals surface area contributed by atoms with Crippen molar-refractivity contribution < 1.29 is 4.79 Å². The molecule has 0 radical (unpaired) electrons. The molecule has 0 spiro atoms. The smallest absolute Gasteiger partial charge is 0.258 e. The van der Waals surface area contributed by atoms with Gasteiger partial charge in [0.25, 0.3) is 5.91 Å². The average molecular weight is 593 g/mol. The van der Waals surface area contributed by atoms with Gasteiger partial charge >= 0.3 is 0 Å². The molecule has 7 rings (SSSR count). The molecule has 3 heterocycles. The van der Waals surface area contributed by atoms with Gasteiger partial charge in [-0.3, -0.25) is 4.79 Å². The molecule has 4 heteroatoms. The van der Waals surface area contributed by atoms with Crippen molar-refractivity contribution in [2.24, 2.45) is 0 Å². The Kier molecular flexibility index (Phi) is 7.31. The zero-order chi connectivity index (χ0) is 30.3. The van der Waals surface area contributed by atoms with Crippen LogP contribution in [-0.4, -0.2) is 19.0 Å². The number of amides is 1. The number of benzene rings is 4. The molecular formula is C40H36N2OS. The summed E-state index contributed by atoms with van der Waals surface area (Å²) in [5.41, 5.74) is 8.24. The van der Waals surface area contributed by atoms with Crippen LogP contribution in [0.15, 0.2) is 139 Å². The normalized spacial score (nSPS) is 17.1.